The Balaban J connectivity index is 1.67. The molecule has 0 radical (unpaired) electrons. The first kappa shape index (κ1) is 16.0. The van der Waals surface area contributed by atoms with Crippen molar-refractivity contribution in [3.8, 4) is 0 Å². The van der Waals surface area contributed by atoms with Gasteiger partial charge in [-0.25, -0.2) is 8.42 Å². The van der Waals surface area contributed by atoms with Gasteiger partial charge in [-0.15, -0.1) is 0 Å². The van der Waals surface area contributed by atoms with Crippen molar-refractivity contribution in [2.24, 2.45) is 0 Å². The molecule has 1 aromatic rings. The largest absolute Gasteiger partial charge is 0.349 e. The molecule has 7 heteroatoms. The number of amides is 1. The van der Waals surface area contributed by atoms with Gasteiger partial charge in [0, 0.05) is 28.2 Å². The number of carbonyl (C=O) groups is 1. The second-order valence-electron chi connectivity index (χ2n) is 6.13. The van der Waals surface area contributed by atoms with Gasteiger partial charge in [-0.1, -0.05) is 15.9 Å². The van der Waals surface area contributed by atoms with Crippen LogP contribution in [-0.4, -0.2) is 43.0 Å². The van der Waals surface area contributed by atoms with Crippen LogP contribution in [0.15, 0.2) is 28.7 Å². The molecule has 2 saturated heterocycles. The molecule has 2 unspecified atom stereocenters. The summed E-state index contributed by atoms with van der Waals surface area (Å²) in [6, 6.07) is 7.34. The molecule has 1 N–H and O–H groups in total. The molecule has 2 bridgehead atoms. The molecule has 0 aromatic heterocycles. The Hall–Kier alpha value is -0.920. The highest BCUT2D eigenvalue weighted by Crippen LogP contribution is 2.37. The summed E-state index contributed by atoms with van der Waals surface area (Å²) >= 11 is 3.35. The Morgan fingerprint density at radius 1 is 1.18 bits per heavy atom. The van der Waals surface area contributed by atoms with Gasteiger partial charge in [0.2, 0.25) is 10.0 Å². The molecular formula is C15H19BrN2O3S. The molecule has 2 fully saturated rings. The summed E-state index contributed by atoms with van der Waals surface area (Å²) in [7, 11) is -3.16. The summed E-state index contributed by atoms with van der Waals surface area (Å²) < 4.78 is 26.3. The zero-order valence-corrected chi connectivity index (χ0v) is 14.7. The minimum Gasteiger partial charge on any atom is -0.349 e. The van der Waals surface area contributed by atoms with Gasteiger partial charge in [-0.2, -0.15) is 4.31 Å². The first-order chi connectivity index (χ1) is 10.3. The van der Waals surface area contributed by atoms with Crippen molar-refractivity contribution in [1.82, 2.24) is 9.62 Å². The van der Waals surface area contributed by atoms with Gasteiger partial charge >= 0.3 is 0 Å². The Labute approximate surface area is 139 Å². The second kappa shape index (κ2) is 5.94. The van der Waals surface area contributed by atoms with Crippen molar-refractivity contribution in [2.75, 3.05) is 6.26 Å². The number of halogens is 1. The normalized spacial score (nSPS) is 28.5. The maximum atomic E-state index is 12.3. The molecule has 0 aliphatic carbocycles. The summed E-state index contributed by atoms with van der Waals surface area (Å²) in [6.45, 7) is 0. The topological polar surface area (TPSA) is 66.5 Å². The highest BCUT2D eigenvalue weighted by Gasteiger charge is 2.45. The lowest BCUT2D eigenvalue weighted by atomic mass is 9.99. The maximum absolute atomic E-state index is 12.3. The number of rotatable bonds is 3. The first-order valence-electron chi connectivity index (χ1n) is 7.39. The lowest BCUT2D eigenvalue weighted by Crippen LogP contribution is -2.52. The van der Waals surface area contributed by atoms with E-state index >= 15 is 0 Å². The Morgan fingerprint density at radius 3 is 2.23 bits per heavy atom. The van der Waals surface area contributed by atoms with Crippen molar-refractivity contribution < 1.29 is 13.2 Å². The molecule has 1 aromatic carbocycles. The molecule has 0 saturated carbocycles. The van der Waals surface area contributed by atoms with Gasteiger partial charge in [0.15, 0.2) is 0 Å². The van der Waals surface area contributed by atoms with Gasteiger partial charge in [-0.05, 0) is 49.9 Å². The van der Waals surface area contributed by atoms with Crippen LogP contribution in [-0.2, 0) is 10.0 Å². The van der Waals surface area contributed by atoms with Crippen LogP contribution in [0, 0.1) is 0 Å². The summed E-state index contributed by atoms with van der Waals surface area (Å²) in [5.74, 6) is -0.0929. The predicted molar refractivity (Wildman–Crippen MR) is 88.1 cm³/mol. The SMILES string of the molecule is CS(=O)(=O)N1C2CCC1CC(NC(=O)c1ccc(Br)cc1)C2. The van der Waals surface area contributed by atoms with E-state index in [9.17, 15) is 13.2 Å². The third-order valence-electron chi connectivity index (χ3n) is 4.49. The number of nitrogens with zero attached hydrogens (tertiary/aromatic N) is 1. The Bertz CT molecular complexity index is 661. The summed E-state index contributed by atoms with van der Waals surface area (Å²) in [5.41, 5.74) is 0.626. The molecule has 2 aliphatic heterocycles. The van der Waals surface area contributed by atoms with E-state index in [1.807, 2.05) is 12.1 Å². The Kier molecular flexibility index (Phi) is 4.31. The Morgan fingerprint density at radius 2 is 1.73 bits per heavy atom. The third-order valence-corrected chi connectivity index (χ3v) is 6.38. The number of piperidine rings is 1. The summed E-state index contributed by atoms with van der Waals surface area (Å²) in [5, 5.41) is 3.05. The van der Waals surface area contributed by atoms with Gasteiger partial charge in [0.05, 0.1) is 6.26 Å². The molecule has 120 valence electrons. The first-order valence-corrected chi connectivity index (χ1v) is 10.0. The van der Waals surface area contributed by atoms with E-state index in [0.29, 0.717) is 18.4 Å². The van der Waals surface area contributed by atoms with E-state index in [2.05, 4.69) is 21.2 Å². The number of hydrogen-bond acceptors (Lipinski definition) is 3. The fourth-order valence-electron chi connectivity index (χ4n) is 3.66. The number of carbonyl (C=O) groups excluding carboxylic acids is 1. The van der Waals surface area contributed by atoms with E-state index in [0.717, 1.165) is 17.3 Å². The molecule has 2 heterocycles. The van der Waals surface area contributed by atoms with E-state index in [4.69, 9.17) is 0 Å². The lowest BCUT2D eigenvalue weighted by molar-refractivity contribution is 0.0909. The molecular weight excluding hydrogens is 368 g/mol. The minimum absolute atomic E-state index is 0.0315. The zero-order chi connectivity index (χ0) is 15.9. The van der Waals surface area contributed by atoms with E-state index < -0.39 is 10.0 Å². The lowest BCUT2D eigenvalue weighted by Gasteiger charge is -2.37. The van der Waals surface area contributed by atoms with Gasteiger partial charge < -0.3 is 5.32 Å². The van der Waals surface area contributed by atoms with Crippen LogP contribution >= 0.6 is 15.9 Å². The number of sulfonamides is 1. The number of benzene rings is 1. The van der Waals surface area contributed by atoms with Crippen LogP contribution in [0.2, 0.25) is 0 Å². The van der Waals surface area contributed by atoms with Crippen LogP contribution in [0.1, 0.15) is 36.0 Å². The van der Waals surface area contributed by atoms with Crippen LogP contribution < -0.4 is 5.32 Å². The highest BCUT2D eigenvalue weighted by atomic mass is 79.9. The molecule has 2 aliphatic rings. The van der Waals surface area contributed by atoms with Gasteiger partial charge in [-0.3, -0.25) is 4.79 Å². The van der Waals surface area contributed by atoms with Crippen molar-refractivity contribution in [1.29, 1.82) is 0 Å². The molecule has 0 spiro atoms. The minimum atomic E-state index is -3.16. The van der Waals surface area contributed by atoms with Gasteiger partial charge in [0.1, 0.15) is 0 Å². The standard InChI is InChI=1S/C15H19BrN2O3S/c1-22(20,21)18-13-6-7-14(18)9-12(8-13)17-15(19)10-2-4-11(16)5-3-10/h2-5,12-14H,6-9H2,1H3,(H,17,19). The second-order valence-corrected chi connectivity index (χ2v) is 8.93. The van der Waals surface area contributed by atoms with E-state index in [1.54, 1.807) is 16.4 Å². The molecule has 5 nitrogen and oxygen atoms in total. The molecule has 2 atom stereocenters. The molecule has 3 rings (SSSR count). The fourth-order valence-corrected chi connectivity index (χ4v) is 5.39. The number of hydrogen-bond donors (Lipinski definition) is 1. The van der Waals surface area contributed by atoms with Crippen molar-refractivity contribution >= 4 is 31.9 Å². The zero-order valence-electron chi connectivity index (χ0n) is 12.3. The highest BCUT2D eigenvalue weighted by molar-refractivity contribution is 9.10. The molecule has 1 amide bonds. The van der Waals surface area contributed by atoms with E-state index in [-0.39, 0.29) is 24.0 Å². The van der Waals surface area contributed by atoms with Crippen LogP contribution in [0.3, 0.4) is 0 Å². The van der Waals surface area contributed by atoms with Crippen molar-refractivity contribution in [2.45, 2.75) is 43.8 Å². The average Bonchev–Trinajstić information content (AvgIpc) is 2.72. The van der Waals surface area contributed by atoms with Crippen molar-refractivity contribution in [3.63, 3.8) is 0 Å². The van der Waals surface area contributed by atoms with Gasteiger partial charge in [0.25, 0.3) is 5.91 Å². The quantitative estimate of drug-likeness (QED) is 0.864. The predicted octanol–water partition coefficient (Wildman–Crippen LogP) is 2.13. The summed E-state index contributed by atoms with van der Waals surface area (Å²) in [4.78, 5) is 12.3. The smallest absolute Gasteiger partial charge is 0.251 e. The van der Waals surface area contributed by atoms with Crippen molar-refractivity contribution in [3.05, 3.63) is 34.3 Å². The third kappa shape index (κ3) is 3.21. The van der Waals surface area contributed by atoms with E-state index in [1.165, 1.54) is 6.26 Å². The van der Waals surface area contributed by atoms with Crippen LogP contribution in [0.5, 0.6) is 0 Å². The maximum Gasteiger partial charge on any atom is 0.251 e. The summed E-state index contributed by atoms with van der Waals surface area (Å²) in [6.07, 6.45) is 4.46. The molecule has 22 heavy (non-hydrogen) atoms. The number of nitrogens with one attached hydrogen (secondary N) is 1. The van der Waals surface area contributed by atoms with Crippen LogP contribution in [0.4, 0.5) is 0 Å². The monoisotopic (exact) mass is 386 g/mol. The number of fused-ring (bicyclic) bond motifs is 2. The van der Waals surface area contributed by atoms with Crippen LogP contribution in [0.25, 0.3) is 0 Å². The fraction of sp³-hybridized carbons (Fsp3) is 0.533. The average molecular weight is 387 g/mol.